The molecule has 1 aromatic heterocycles. The van der Waals surface area contributed by atoms with E-state index in [2.05, 4.69) is 60.1 Å². The van der Waals surface area contributed by atoms with E-state index >= 15 is 0 Å². The molecule has 0 bridgehead atoms. The molecule has 17 heavy (non-hydrogen) atoms. The third-order valence-corrected chi connectivity index (χ3v) is 2.91. The molecule has 1 aromatic carbocycles. The van der Waals surface area contributed by atoms with E-state index in [0.717, 1.165) is 13.1 Å². The summed E-state index contributed by atoms with van der Waals surface area (Å²) in [5.41, 5.74) is 1.23. The highest BCUT2D eigenvalue weighted by Gasteiger charge is 2.07. The summed E-state index contributed by atoms with van der Waals surface area (Å²) in [5, 5.41) is 9.13. The number of rotatable bonds is 5. The van der Waals surface area contributed by atoms with Gasteiger partial charge in [-0.15, -0.1) is 0 Å². The molecule has 1 atom stereocenters. The lowest BCUT2D eigenvalue weighted by atomic mass is 10.1. The van der Waals surface area contributed by atoms with Crippen LogP contribution in [0.1, 0.15) is 20.8 Å². The molecule has 3 heteroatoms. The van der Waals surface area contributed by atoms with Gasteiger partial charge in [0, 0.05) is 18.0 Å². The first kappa shape index (κ1) is 12.1. The molecule has 0 saturated carbocycles. The summed E-state index contributed by atoms with van der Waals surface area (Å²) in [4.78, 5) is 0. The number of fused-ring (bicyclic) bond motifs is 1. The van der Waals surface area contributed by atoms with Crippen LogP contribution in [-0.2, 0) is 6.54 Å². The Kier molecular flexibility index (Phi) is 3.79. The van der Waals surface area contributed by atoms with Gasteiger partial charge in [-0.3, -0.25) is 4.68 Å². The van der Waals surface area contributed by atoms with Crippen LogP contribution in [0.2, 0.25) is 0 Å². The molecule has 1 N–H and O–H groups in total. The highest BCUT2D eigenvalue weighted by Crippen LogP contribution is 2.14. The predicted octanol–water partition coefficient (Wildman–Crippen LogP) is 2.67. The van der Waals surface area contributed by atoms with Crippen LogP contribution in [0, 0.1) is 5.92 Å². The van der Waals surface area contributed by atoms with Gasteiger partial charge in [0.1, 0.15) is 0 Å². The molecule has 1 unspecified atom stereocenters. The second-order valence-electron chi connectivity index (χ2n) is 5.05. The lowest BCUT2D eigenvalue weighted by Crippen LogP contribution is -2.29. The van der Waals surface area contributed by atoms with Gasteiger partial charge in [-0.25, -0.2) is 0 Å². The quantitative estimate of drug-likeness (QED) is 0.857. The van der Waals surface area contributed by atoms with Gasteiger partial charge in [0.15, 0.2) is 0 Å². The molecule has 92 valence electrons. The Hall–Kier alpha value is -1.35. The number of hydrogen-bond donors (Lipinski definition) is 1. The van der Waals surface area contributed by atoms with Gasteiger partial charge in [0.25, 0.3) is 0 Å². The first-order valence-electron chi connectivity index (χ1n) is 6.30. The first-order valence-corrected chi connectivity index (χ1v) is 6.30. The largest absolute Gasteiger partial charge is 0.314 e. The summed E-state index contributed by atoms with van der Waals surface area (Å²) in [6, 6.07) is 8.91. The highest BCUT2D eigenvalue weighted by atomic mass is 15.3. The third-order valence-electron chi connectivity index (χ3n) is 2.91. The van der Waals surface area contributed by atoms with Crippen molar-refractivity contribution in [2.24, 2.45) is 5.92 Å². The van der Waals surface area contributed by atoms with Gasteiger partial charge in [-0.05, 0) is 18.5 Å². The van der Waals surface area contributed by atoms with Crippen molar-refractivity contribution in [3.05, 3.63) is 30.5 Å². The van der Waals surface area contributed by atoms with Gasteiger partial charge in [0.2, 0.25) is 0 Å². The molecule has 0 amide bonds. The van der Waals surface area contributed by atoms with E-state index in [-0.39, 0.29) is 0 Å². The van der Waals surface area contributed by atoms with Crippen molar-refractivity contribution in [1.82, 2.24) is 15.1 Å². The van der Waals surface area contributed by atoms with Crippen LogP contribution in [0.15, 0.2) is 30.5 Å². The zero-order valence-corrected chi connectivity index (χ0v) is 10.9. The van der Waals surface area contributed by atoms with Gasteiger partial charge in [-0.2, -0.15) is 5.10 Å². The second-order valence-corrected chi connectivity index (χ2v) is 5.05. The summed E-state index contributed by atoms with van der Waals surface area (Å²) in [6.07, 6.45) is 1.94. The van der Waals surface area contributed by atoms with Crippen molar-refractivity contribution in [1.29, 1.82) is 0 Å². The predicted molar refractivity (Wildman–Crippen MR) is 72.0 cm³/mol. The standard InChI is InChI=1S/C14H21N3/c1-11(2)15-8-12(3)10-17-14-7-5-4-6-13(14)9-16-17/h4-7,9,11-12,15H,8,10H2,1-3H3. The fourth-order valence-corrected chi connectivity index (χ4v) is 1.97. The number of aromatic nitrogens is 2. The smallest absolute Gasteiger partial charge is 0.0682 e. The second kappa shape index (κ2) is 5.32. The molecule has 0 fully saturated rings. The van der Waals surface area contributed by atoms with Crippen LogP contribution in [0.4, 0.5) is 0 Å². The zero-order valence-electron chi connectivity index (χ0n) is 10.9. The lowest BCUT2D eigenvalue weighted by molar-refractivity contribution is 0.413. The summed E-state index contributed by atoms with van der Waals surface area (Å²) >= 11 is 0. The summed E-state index contributed by atoms with van der Waals surface area (Å²) in [5.74, 6) is 0.584. The molecule has 2 rings (SSSR count). The number of nitrogens with one attached hydrogen (secondary N) is 1. The molecule has 2 aromatic rings. The van der Waals surface area contributed by atoms with Crippen LogP contribution in [0.3, 0.4) is 0 Å². The lowest BCUT2D eigenvalue weighted by Gasteiger charge is -2.15. The van der Waals surface area contributed by atoms with Crippen LogP contribution in [-0.4, -0.2) is 22.4 Å². The molecular weight excluding hydrogens is 210 g/mol. The normalized spacial score (nSPS) is 13.4. The Balaban J connectivity index is 2.03. The van der Waals surface area contributed by atoms with E-state index in [4.69, 9.17) is 0 Å². The van der Waals surface area contributed by atoms with E-state index in [9.17, 15) is 0 Å². The first-order chi connectivity index (χ1) is 8.16. The molecular formula is C14H21N3. The maximum Gasteiger partial charge on any atom is 0.0682 e. The Labute approximate surface area is 103 Å². The van der Waals surface area contributed by atoms with Gasteiger partial charge in [-0.1, -0.05) is 39.0 Å². The Morgan fingerprint density at radius 1 is 1.24 bits per heavy atom. The summed E-state index contributed by atoms with van der Waals surface area (Å²) in [7, 11) is 0. The minimum absolute atomic E-state index is 0.548. The molecule has 0 aliphatic heterocycles. The Morgan fingerprint density at radius 3 is 2.76 bits per heavy atom. The van der Waals surface area contributed by atoms with E-state index in [1.165, 1.54) is 10.9 Å². The van der Waals surface area contributed by atoms with Crippen molar-refractivity contribution >= 4 is 10.9 Å². The summed E-state index contributed by atoms with van der Waals surface area (Å²) in [6.45, 7) is 8.61. The fourth-order valence-electron chi connectivity index (χ4n) is 1.97. The molecule has 3 nitrogen and oxygen atoms in total. The zero-order chi connectivity index (χ0) is 12.3. The van der Waals surface area contributed by atoms with Crippen LogP contribution < -0.4 is 5.32 Å². The van der Waals surface area contributed by atoms with E-state index < -0.39 is 0 Å². The van der Waals surface area contributed by atoms with Crippen molar-refractivity contribution in [2.75, 3.05) is 6.54 Å². The minimum Gasteiger partial charge on any atom is -0.314 e. The third kappa shape index (κ3) is 3.07. The average Bonchev–Trinajstić information content (AvgIpc) is 2.70. The monoisotopic (exact) mass is 231 g/mol. The summed E-state index contributed by atoms with van der Waals surface area (Å²) < 4.78 is 2.10. The maximum atomic E-state index is 4.45. The Bertz CT molecular complexity index is 473. The number of nitrogens with zero attached hydrogens (tertiary/aromatic N) is 2. The fraction of sp³-hybridized carbons (Fsp3) is 0.500. The SMILES string of the molecule is CC(CNC(C)C)Cn1ncc2ccccc21. The van der Waals surface area contributed by atoms with Crippen molar-refractivity contribution in [3.8, 4) is 0 Å². The molecule has 0 aliphatic carbocycles. The molecule has 0 radical (unpaired) electrons. The van der Waals surface area contributed by atoms with Crippen LogP contribution in [0.25, 0.3) is 10.9 Å². The average molecular weight is 231 g/mol. The van der Waals surface area contributed by atoms with Gasteiger partial charge >= 0.3 is 0 Å². The van der Waals surface area contributed by atoms with E-state index in [1.54, 1.807) is 0 Å². The van der Waals surface area contributed by atoms with E-state index in [0.29, 0.717) is 12.0 Å². The Morgan fingerprint density at radius 2 is 2.00 bits per heavy atom. The van der Waals surface area contributed by atoms with Gasteiger partial charge in [0.05, 0.1) is 11.7 Å². The van der Waals surface area contributed by atoms with Crippen LogP contribution >= 0.6 is 0 Å². The maximum absolute atomic E-state index is 4.45. The molecule has 0 aliphatic rings. The van der Waals surface area contributed by atoms with Crippen molar-refractivity contribution < 1.29 is 0 Å². The van der Waals surface area contributed by atoms with E-state index in [1.807, 2.05) is 6.20 Å². The van der Waals surface area contributed by atoms with Crippen molar-refractivity contribution in [3.63, 3.8) is 0 Å². The molecule has 0 spiro atoms. The molecule has 1 heterocycles. The highest BCUT2D eigenvalue weighted by molar-refractivity contribution is 5.78. The number of benzene rings is 1. The number of para-hydroxylation sites is 1. The van der Waals surface area contributed by atoms with Gasteiger partial charge < -0.3 is 5.32 Å². The van der Waals surface area contributed by atoms with Crippen LogP contribution in [0.5, 0.6) is 0 Å². The number of hydrogen-bond acceptors (Lipinski definition) is 2. The minimum atomic E-state index is 0.548. The topological polar surface area (TPSA) is 29.9 Å². The van der Waals surface area contributed by atoms with Crippen molar-refractivity contribution in [2.45, 2.75) is 33.4 Å². The molecule has 0 saturated heterocycles.